The SMILES string of the molecule is N#Cc1ccccc1OC(=O)CCN1C(=O)[C@@H]2CCCC[C@H]2C1=O. The van der Waals surface area contributed by atoms with Crippen LogP contribution in [-0.2, 0) is 14.4 Å². The predicted molar refractivity (Wildman–Crippen MR) is 83.6 cm³/mol. The van der Waals surface area contributed by atoms with Crippen molar-refractivity contribution in [2.45, 2.75) is 32.1 Å². The second-order valence-electron chi connectivity index (χ2n) is 6.16. The molecule has 2 atom stereocenters. The van der Waals surface area contributed by atoms with Crippen LogP contribution in [0.2, 0.25) is 0 Å². The van der Waals surface area contributed by atoms with Crippen LogP contribution in [-0.4, -0.2) is 29.2 Å². The molecule has 2 aliphatic rings. The molecule has 1 aromatic rings. The molecule has 1 saturated carbocycles. The zero-order valence-electron chi connectivity index (χ0n) is 13.2. The van der Waals surface area contributed by atoms with Crippen LogP contribution in [0.3, 0.4) is 0 Å². The van der Waals surface area contributed by atoms with Crippen molar-refractivity contribution < 1.29 is 19.1 Å². The molecular formula is C18H18N2O4. The number of carbonyl (C=O) groups excluding carboxylic acids is 3. The number of carbonyl (C=O) groups is 3. The summed E-state index contributed by atoms with van der Waals surface area (Å²) in [5.74, 6) is -1.10. The van der Waals surface area contributed by atoms with E-state index < -0.39 is 5.97 Å². The van der Waals surface area contributed by atoms with Crippen molar-refractivity contribution >= 4 is 17.8 Å². The molecule has 2 fully saturated rings. The van der Waals surface area contributed by atoms with E-state index in [9.17, 15) is 14.4 Å². The molecular weight excluding hydrogens is 308 g/mol. The highest BCUT2D eigenvalue weighted by Gasteiger charge is 2.47. The number of para-hydroxylation sites is 1. The molecule has 24 heavy (non-hydrogen) atoms. The molecule has 1 saturated heterocycles. The van der Waals surface area contributed by atoms with E-state index in [-0.39, 0.29) is 47.9 Å². The van der Waals surface area contributed by atoms with E-state index in [1.165, 1.54) is 11.0 Å². The number of imide groups is 1. The number of esters is 1. The molecule has 0 bridgehead atoms. The number of nitrogens with zero attached hydrogens (tertiary/aromatic N) is 2. The first-order chi connectivity index (χ1) is 11.6. The van der Waals surface area contributed by atoms with Gasteiger partial charge < -0.3 is 4.74 Å². The summed E-state index contributed by atoms with van der Waals surface area (Å²) in [6.07, 6.45) is 3.39. The van der Waals surface area contributed by atoms with Gasteiger partial charge in [0.05, 0.1) is 23.8 Å². The van der Waals surface area contributed by atoms with Crippen LogP contribution < -0.4 is 4.74 Å². The Hall–Kier alpha value is -2.68. The second kappa shape index (κ2) is 6.83. The highest BCUT2D eigenvalue weighted by molar-refractivity contribution is 6.05. The topological polar surface area (TPSA) is 87.5 Å². The molecule has 6 heteroatoms. The van der Waals surface area contributed by atoms with Crippen molar-refractivity contribution in [3.63, 3.8) is 0 Å². The maximum absolute atomic E-state index is 12.3. The van der Waals surface area contributed by atoms with Gasteiger partial charge in [0, 0.05) is 6.54 Å². The molecule has 0 radical (unpaired) electrons. The molecule has 0 aromatic heterocycles. The lowest BCUT2D eigenvalue weighted by atomic mass is 9.81. The van der Waals surface area contributed by atoms with Crippen molar-refractivity contribution in [2.24, 2.45) is 11.8 Å². The number of benzene rings is 1. The molecule has 1 aromatic carbocycles. The van der Waals surface area contributed by atoms with Crippen LogP contribution in [0, 0.1) is 23.2 Å². The molecule has 1 aliphatic carbocycles. The smallest absolute Gasteiger partial charge is 0.313 e. The fourth-order valence-electron chi connectivity index (χ4n) is 3.48. The van der Waals surface area contributed by atoms with Gasteiger partial charge in [0.15, 0.2) is 0 Å². The zero-order valence-corrected chi connectivity index (χ0v) is 13.2. The number of nitriles is 1. The Labute approximate surface area is 140 Å². The third-order valence-corrected chi connectivity index (χ3v) is 4.70. The summed E-state index contributed by atoms with van der Waals surface area (Å²) in [5.41, 5.74) is 0.269. The minimum atomic E-state index is -0.562. The number of likely N-dealkylation sites (tertiary alicyclic amines) is 1. The van der Waals surface area contributed by atoms with E-state index in [2.05, 4.69) is 0 Å². The first-order valence-electron chi connectivity index (χ1n) is 8.17. The average Bonchev–Trinajstić information content (AvgIpc) is 2.85. The Morgan fingerprint density at radius 1 is 1.17 bits per heavy atom. The normalized spacial score (nSPS) is 22.9. The molecule has 1 aliphatic heterocycles. The van der Waals surface area contributed by atoms with Gasteiger partial charge in [-0.2, -0.15) is 5.26 Å². The first-order valence-corrected chi connectivity index (χ1v) is 8.17. The van der Waals surface area contributed by atoms with Crippen molar-refractivity contribution in [2.75, 3.05) is 6.54 Å². The molecule has 124 valence electrons. The van der Waals surface area contributed by atoms with Gasteiger partial charge >= 0.3 is 5.97 Å². The second-order valence-corrected chi connectivity index (χ2v) is 6.16. The number of hydrogen-bond acceptors (Lipinski definition) is 5. The summed E-state index contributed by atoms with van der Waals surface area (Å²) in [4.78, 5) is 37.9. The molecule has 0 spiro atoms. The largest absolute Gasteiger partial charge is 0.425 e. The lowest BCUT2D eigenvalue weighted by Crippen LogP contribution is -2.33. The summed E-state index contributed by atoms with van der Waals surface area (Å²) in [6.45, 7) is 0.0399. The van der Waals surface area contributed by atoms with Gasteiger partial charge in [-0.15, -0.1) is 0 Å². The third-order valence-electron chi connectivity index (χ3n) is 4.70. The molecule has 0 N–H and O–H groups in total. The van der Waals surface area contributed by atoms with E-state index in [0.29, 0.717) is 0 Å². The highest BCUT2D eigenvalue weighted by Crippen LogP contribution is 2.38. The Kier molecular flexibility index (Phi) is 4.61. The monoisotopic (exact) mass is 326 g/mol. The lowest BCUT2D eigenvalue weighted by Gasteiger charge is -2.19. The van der Waals surface area contributed by atoms with Crippen molar-refractivity contribution in [3.8, 4) is 11.8 Å². The van der Waals surface area contributed by atoms with Crippen LogP contribution >= 0.6 is 0 Å². The number of rotatable bonds is 4. The molecule has 0 unspecified atom stereocenters. The maximum Gasteiger partial charge on any atom is 0.313 e. The summed E-state index contributed by atoms with van der Waals surface area (Å²) in [7, 11) is 0. The van der Waals surface area contributed by atoms with Gasteiger partial charge in [0.2, 0.25) is 11.8 Å². The molecule has 1 heterocycles. The van der Waals surface area contributed by atoms with E-state index in [1.807, 2.05) is 6.07 Å². The third kappa shape index (κ3) is 3.02. The lowest BCUT2D eigenvalue weighted by molar-refractivity contribution is -0.141. The van der Waals surface area contributed by atoms with Crippen LogP contribution in [0.1, 0.15) is 37.7 Å². The van der Waals surface area contributed by atoms with Crippen LogP contribution in [0.5, 0.6) is 5.75 Å². The van der Waals surface area contributed by atoms with E-state index >= 15 is 0 Å². The molecule has 6 nitrogen and oxygen atoms in total. The number of fused-ring (bicyclic) bond motifs is 1. The van der Waals surface area contributed by atoms with Crippen LogP contribution in [0.25, 0.3) is 0 Å². The number of hydrogen-bond donors (Lipinski definition) is 0. The van der Waals surface area contributed by atoms with Gasteiger partial charge in [-0.25, -0.2) is 0 Å². The van der Waals surface area contributed by atoms with Crippen molar-refractivity contribution in [1.82, 2.24) is 4.90 Å². The average molecular weight is 326 g/mol. The number of amides is 2. The van der Waals surface area contributed by atoms with Gasteiger partial charge in [0.25, 0.3) is 0 Å². The quantitative estimate of drug-likeness (QED) is 0.480. The number of ether oxygens (including phenoxy) is 1. The van der Waals surface area contributed by atoms with Gasteiger partial charge in [-0.1, -0.05) is 25.0 Å². The fourth-order valence-corrected chi connectivity index (χ4v) is 3.48. The Balaban J connectivity index is 1.59. The standard InChI is InChI=1S/C18H18N2O4/c19-11-12-5-1-4-8-15(12)24-16(21)9-10-20-17(22)13-6-2-3-7-14(13)18(20)23/h1,4-5,8,13-14H,2-3,6-7,9-10H2/t13-,14-/m1/s1. The summed E-state index contributed by atoms with van der Waals surface area (Å²) < 4.78 is 5.17. The summed E-state index contributed by atoms with van der Waals surface area (Å²) >= 11 is 0. The van der Waals surface area contributed by atoms with Gasteiger partial charge in [-0.3, -0.25) is 19.3 Å². The van der Waals surface area contributed by atoms with Crippen molar-refractivity contribution in [3.05, 3.63) is 29.8 Å². The Bertz CT molecular complexity index is 698. The Morgan fingerprint density at radius 2 is 1.79 bits per heavy atom. The van der Waals surface area contributed by atoms with Gasteiger partial charge in [-0.05, 0) is 25.0 Å². The molecule has 3 rings (SSSR count). The maximum atomic E-state index is 12.3. The Morgan fingerprint density at radius 3 is 2.42 bits per heavy atom. The zero-order chi connectivity index (χ0) is 17.1. The predicted octanol–water partition coefficient (Wildman–Crippen LogP) is 2.03. The minimum Gasteiger partial charge on any atom is -0.425 e. The van der Waals surface area contributed by atoms with E-state index in [1.54, 1.807) is 18.2 Å². The highest BCUT2D eigenvalue weighted by atomic mass is 16.5. The van der Waals surface area contributed by atoms with Crippen LogP contribution in [0.15, 0.2) is 24.3 Å². The fraction of sp³-hybridized carbons (Fsp3) is 0.444. The van der Waals surface area contributed by atoms with Gasteiger partial charge in [0.1, 0.15) is 11.8 Å². The first kappa shape index (κ1) is 16.2. The minimum absolute atomic E-state index is 0.0399. The van der Waals surface area contributed by atoms with Crippen LogP contribution in [0.4, 0.5) is 0 Å². The summed E-state index contributed by atoms with van der Waals surface area (Å²) in [6, 6.07) is 8.39. The summed E-state index contributed by atoms with van der Waals surface area (Å²) in [5, 5.41) is 8.98. The van der Waals surface area contributed by atoms with Crippen molar-refractivity contribution in [1.29, 1.82) is 5.26 Å². The van der Waals surface area contributed by atoms with E-state index in [4.69, 9.17) is 10.00 Å². The molecule has 2 amide bonds. The van der Waals surface area contributed by atoms with E-state index in [0.717, 1.165) is 25.7 Å².